The minimum atomic E-state index is -3.20. The summed E-state index contributed by atoms with van der Waals surface area (Å²) in [6, 6.07) is 12.6. The van der Waals surface area contributed by atoms with Crippen LogP contribution in [0, 0.1) is 0 Å². The van der Waals surface area contributed by atoms with Gasteiger partial charge in [0.1, 0.15) is 0 Å². The van der Waals surface area contributed by atoms with Gasteiger partial charge in [-0.3, -0.25) is 4.42 Å². The molecule has 1 heterocycles. The van der Waals surface area contributed by atoms with Crippen molar-refractivity contribution in [2.45, 2.75) is 17.7 Å². The first-order valence-corrected chi connectivity index (χ1v) is 10.6. The third-order valence-electron chi connectivity index (χ3n) is 3.91. The van der Waals surface area contributed by atoms with Crippen LogP contribution in [0.25, 0.3) is 0 Å². The van der Waals surface area contributed by atoms with Crippen molar-refractivity contribution in [2.75, 3.05) is 10.7 Å². The SMILES string of the molecule is CS(=O)(=O)c1ccc(CC2=C(Cl)Cc3c(Br)cccc3N2Cl)cc1.[Sn]. The van der Waals surface area contributed by atoms with Gasteiger partial charge in [0.15, 0.2) is 9.84 Å². The molecule has 3 nitrogen and oxygen atoms in total. The summed E-state index contributed by atoms with van der Waals surface area (Å²) in [5.74, 6) is 0. The zero-order chi connectivity index (χ0) is 17.5. The van der Waals surface area contributed by atoms with Crippen LogP contribution < -0.4 is 4.42 Å². The smallest absolute Gasteiger partial charge is 0.175 e. The second-order valence-electron chi connectivity index (χ2n) is 5.64. The van der Waals surface area contributed by atoms with Crippen molar-refractivity contribution in [1.29, 1.82) is 0 Å². The van der Waals surface area contributed by atoms with Gasteiger partial charge in [-0.25, -0.2) is 8.42 Å². The molecule has 0 saturated heterocycles. The zero-order valence-electron chi connectivity index (χ0n) is 13.3. The number of sulfone groups is 1. The molecule has 0 saturated carbocycles. The summed E-state index contributed by atoms with van der Waals surface area (Å²) in [7, 11) is -3.20. The summed E-state index contributed by atoms with van der Waals surface area (Å²) in [6.07, 6.45) is 2.33. The van der Waals surface area contributed by atoms with Crippen LogP contribution in [-0.2, 0) is 22.7 Å². The molecule has 130 valence electrons. The predicted molar refractivity (Wildman–Crippen MR) is 108 cm³/mol. The molecular weight excluding hydrogens is 552 g/mol. The first kappa shape index (κ1) is 21.1. The van der Waals surface area contributed by atoms with E-state index in [0.29, 0.717) is 22.8 Å². The molecule has 0 fully saturated rings. The van der Waals surface area contributed by atoms with E-state index in [4.69, 9.17) is 23.4 Å². The van der Waals surface area contributed by atoms with E-state index in [1.807, 2.05) is 18.2 Å². The number of anilines is 1. The van der Waals surface area contributed by atoms with Gasteiger partial charge in [0.2, 0.25) is 0 Å². The minimum absolute atomic E-state index is 0. The third-order valence-corrected chi connectivity index (χ3v) is 6.52. The first-order chi connectivity index (χ1) is 11.3. The molecule has 0 N–H and O–H groups in total. The number of nitrogens with zero attached hydrogens (tertiary/aromatic N) is 1. The molecule has 0 amide bonds. The molecule has 2 aromatic rings. The normalized spacial score (nSPS) is 14.2. The van der Waals surface area contributed by atoms with Crippen molar-refractivity contribution in [3.05, 3.63) is 68.8 Å². The fourth-order valence-electron chi connectivity index (χ4n) is 2.63. The van der Waals surface area contributed by atoms with Gasteiger partial charge in [0.25, 0.3) is 0 Å². The summed E-state index contributed by atoms with van der Waals surface area (Å²) in [6.45, 7) is 0. The van der Waals surface area contributed by atoms with Crippen molar-refractivity contribution in [2.24, 2.45) is 0 Å². The predicted octanol–water partition coefficient (Wildman–Crippen LogP) is 4.68. The summed E-state index contributed by atoms with van der Waals surface area (Å²) >= 11 is 16.5. The van der Waals surface area contributed by atoms with Gasteiger partial charge >= 0.3 is 0 Å². The number of hydrogen-bond acceptors (Lipinski definition) is 3. The monoisotopic (exact) mass is 565 g/mol. The molecule has 0 aromatic heterocycles. The van der Waals surface area contributed by atoms with Crippen molar-refractivity contribution in [3.63, 3.8) is 0 Å². The largest absolute Gasteiger partial charge is 0.256 e. The van der Waals surface area contributed by atoms with Crippen molar-refractivity contribution in [3.8, 4) is 0 Å². The Kier molecular flexibility index (Phi) is 6.93. The Bertz CT molecular complexity index is 930. The topological polar surface area (TPSA) is 37.4 Å². The number of rotatable bonds is 3. The second kappa shape index (κ2) is 8.21. The quantitative estimate of drug-likeness (QED) is 0.401. The fourth-order valence-corrected chi connectivity index (χ4v) is 4.40. The van der Waals surface area contributed by atoms with Crippen molar-refractivity contribution < 1.29 is 8.42 Å². The van der Waals surface area contributed by atoms with E-state index >= 15 is 0 Å². The van der Waals surface area contributed by atoms with Crippen LogP contribution >= 0.6 is 39.3 Å². The maximum atomic E-state index is 11.5. The number of fused-ring (bicyclic) bond motifs is 1. The number of halogens is 3. The van der Waals surface area contributed by atoms with Crippen LogP contribution in [-0.4, -0.2) is 38.6 Å². The molecule has 0 aliphatic carbocycles. The Balaban J connectivity index is 0.00000225. The van der Waals surface area contributed by atoms with Gasteiger partial charge < -0.3 is 0 Å². The maximum Gasteiger partial charge on any atom is 0.175 e. The first-order valence-electron chi connectivity index (χ1n) is 7.17. The van der Waals surface area contributed by atoms with Crippen LogP contribution in [0.1, 0.15) is 11.1 Å². The molecule has 4 radical (unpaired) electrons. The summed E-state index contributed by atoms with van der Waals surface area (Å²) < 4.78 is 25.6. The van der Waals surface area contributed by atoms with Gasteiger partial charge in [-0.15, -0.1) is 0 Å². The van der Waals surface area contributed by atoms with Crippen LogP contribution in [0.15, 0.2) is 62.6 Å². The number of hydrogen-bond donors (Lipinski definition) is 0. The van der Waals surface area contributed by atoms with Crippen LogP contribution in [0.5, 0.6) is 0 Å². The third kappa shape index (κ3) is 4.56. The fraction of sp³-hybridized carbons (Fsp3) is 0.176. The molecule has 0 bridgehead atoms. The Morgan fingerprint density at radius 2 is 1.80 bits per heavy atom. The summed E-state index contributed by atoms with van der Waals surface area (Å²) in [5, 5.41) is 0.677. The second-order valence-corrected chi connectivity index (χ2v) is 9.30. The molecule has 0 atom stereocenters. The molecule has 1 aliphatic rings. The standard InChI is InChI=1S/C17H14BrCl2NO2S.Sn/c1-24(22,23)12-7-5-11(6-8-12)9-17-15(19)10-13-14(18)3-2-4-16(13)21(17)20;/h2-8H,9-10H2,1H3;. The summed E-state index contributed by atoms with van der Waals surface area (Å²) in [5.41, 5.74) is 3.70. The average Bonchev–Trinajstić information content (AvgIpc) is 2.52. The van der Waals surface area contributed by atoms with Gasteiger partial charge in [-0.1, -0.05) is 45.7 Å². The van der Waals surface area contributed by atoms with Crippen molar-refractivity contribution >= 4 is 78.7 Å². The zero-order valence-corrected chi connectivity index (χ0v) is 20.0. The molecular formula is C17H14BrCl2NO2SSn. The van der Waals surface area contributed by atoms with E-state index in [0.717, 1.165) is 27.0 Å². The number of benzene rings is 2. The van der Waals surface area contributed by atoms with E-state index < -0.39 is 9.84 Å². The molecule has 2 aromatic carbocycles. The van der Waals surface area contributed by atoms with E-state index in [2.05, 4.69) is 15.9 Å². The number of allylic oxidation sites excluding steroid dienone is 2. The Hall–Kier alpha value is -0.211. The Labute approximate surface area is 183 Å². The average molecular weight is 566 g/mol. The van der Waals surface area contributed by atoms with Gasteiger partial charge in [-0.05, 0) is 35.4 Å². The van der Waals surface area contributed by atoms with Gasteiger partial charge in [-0.2, -0.15) is 0 Å². The van der Waals surface area contributed by atoms with E-state index in [1.54, 1.807) is 28.7 Å². The molecule has 25 heavy (non-hydrogen) atoms. The minimum Gasteiger partial charge on any atom is -0.256 e. The van der Waals surface area contributed by atoms with E-state index in [9.17, 15) is 8.42 Å². The molecule has 0 unspecified atom stereocenters. The van der Waals surface area contributed by atoms with E-state index in [-0.39, 0.29) is 23.9 Å². The summed E-state index contributed by atoms with van der Waals surface area (Å²) in [4.78, 5) is 0.298. The van der Waals surface area contributed by atoms with Gasteiger partial charge in [0, 0.05) is 64.3 Å². The maximum absolute atomic E-state index is 11.5. The van der Waals surface area contributed by atoms with Gasteiger partial charge in [0.05, 0.1) is 16.3 Å². The Morgan fingerprint density at radius 1 is 1.16 bits per heavy atom. The molecule has 0 spiro atoms. The van der Waals surface area contributed by atoms with Crippen LogP contribution in [0.4, 0.5) is 5.69 Å². The van der Waals surface area contributed by atoms with E-state index in [1.165, 1.54) is 6.26 Å². The van der Waals surface area contributed by atoms with Crippen molar-refractivity contribution in [1.82, 2.24) is 0 Å². The van der Waals surface area contributed by atoms with Crippen LogP contribution in [0.3, 0.4) is 0 Å². The Morgan fingerprint density at radius 3 is 2.40 bits per heavy atom. The van der Waals surface area contributed by atoms with Crippen LogP contribution in [0.2, 0.25) is 0 Å². The molecule has 3 rings (SSSR count). The molecule has 8 heteroatoms. The molecule has 1 aliphatic heterocycles.